The zero-order chi connectivity index (χ0) is 22.7. The molecule has 1 fully saturated rings. The van der Waals surface area contributed by atoms with Crippen LogP contribution in [0.4, 0.5) is 26.3 Å². The smallest absolute Gasteiger partial charge is 0.485 e. The first kappa shape index (κ1) is 25.6. The molecule has 13 heteroatoms. The molecule has 3 atom stereocenters. The molecular weight excluding hydrogens is 542 g/mol. The Labute approximate surface area is 186 Å². The number of hydrogen-bond acceptors (Lipinski definition) is 4. The van der Waals surface area contributed by atoms with Crippen LogP contribution in [0.25, 0.3) is 5.57 Å². The maximum absolute atomic E-state index is 14.8. The molecule has 1 aliphatic heterocycles. The fourth-order valence-corrected chi connectivity index (χ4v) is 7.07. The van der Waals surface area contributed by atoms with Gasteiger partial charge in [0.25, 0.3) is 0 Å². The third-order valence-corrected chi connectivity index (χ3v) is 9.99. The number of thioether (sulfide) groups is 1. The van der Waals surface area contributed by atoms with Crippen LogP contribution in [0.1, 0.15) is 12.0 Å². The van der Waals surface area contributed by atoms with Crippen molar-refractivity contribution in [2.45, 2.75) is 27.0 Å². The molecule has 1 aromatic carbocycles. The normalized spacial score (nSPS) is 27.5. The van der Waals surface area contributed by atoms with Crippen LogP contribution in [0.15, 0.2) is 42.2 Å². The number of benzene rings is 1. The van der Waals surface area contributed by atoms with Crippen molar-refractivity contribution >= 4 is 55.1 Å². The van der Waals surface area contributed by atoms with Gasteiger partial charge in [-0.25, -0.2) is 21.6 Å². The maximum atomic E-state index is 14.8. The van der Waals surface area contributed by atoms with Gasteiger partial charge in [-0.2, -0.15) is 13.2 Å². The van der Waals surface area contributed by atoms with E-state index >= 15 is 0 Å². The third-order valence-electron chi connectivity index (χ3n) is 4.08. The van der Waals surface area contributed by atoms with Crippen molar-refractivity contribution in [2.75, 3.05) is 11.5 Å². The quantitative estimate of drug-likeness (QED) is 0.130. The molecule has 1 aliphatic carbocycles. The van der Waals surface area contributed by atoms with Crippen LogP contribution in [0.5, 0.6) is 0 Å². The molecule has 0 aromatic heterocycles. The van der Waals surface area contributed by atoms with Crippen LogP contribution in [-0.4, -0.2) is 45.1 Å². The van der Waals surface area contributed by atoms with E-state index in [0.29, 0.717) is 0 Å². The molecule has 3 rings (SSSR count). The van der Waals surface area contributed by atoms with Gasteiger partial charge in [0.05, 0.1) is 0 Å². The van der Waals surface area contributed by atoms with Crippen molar-refractivity contribution in [3.63, 3.8) is 0 Å². The topological polar surface area (TPSA) is 57.2 Å². The third kappa shape index (κ3) is 5.78. The zero-order valence-corrected chi connectivity index (χ0v) is 19.0. The molecular formula is C17H15BrF6O3S3. The van der Waals surface area contributed by atoms with Crippen molar-refractivity contribution in [2.24, 2.45) is 0 Å². The van der Waals surface area contributed by atoms with Crippen LogP contribution >= 0.6 is 27.7 Å². The summed E-state index contributed by atoms with van der Waals surface area (Å²) >= 11 is 5.96. The largest absolute Gasteiger partial charge is 0.741 e. The Morgan fingerprint density at radius 3 is 2.30 bits per heavy atom. The summed E-state index contributed by atoms with van der Waals surface area (Å²) in [7, 11) is -6.09. The average molecular weight is 557 g/mol. The first-order valence-corrected chi connectivity index (χ1v) is 12.7. The van der Waals surface area contributed by atoms with Crippen LogP contribution in [-0.2, 0) is 21.9 Å². The summed E-state index contributed by atoms with van der Waals surface area (Å²) in [5.74, 6) is 0.828. The van der Waals surface area contributed by atoms with Gasteiger partial charge in [-0.05, 0) is 35.6 Å². The zero-order valence-electron chi connectivity index (χ0n) is 14.9. The number of halogens is 7. The minimum Gasteiger partial charge on any atom is -0.741 e. The Hall–Kier alpha value is -0.630. The Morgan fingerprint density at radius 1 is 1.23 bits per heavy atom. The van der Waals surface area contributed by atoms with E-state index in [1.54, 1.807) is 23.9 Å². The number of alkyl halides is 5. The Morgan fingerprint density at radius 2 is 1.83 bits per heavy atom. The number of hydrogen-bond donors (Lipinski definition) is 0. The molecule has 0 amide bonds. The van der Waals surface area contributed by atoms with Crippen molar-refractivity contribution in [1.82, 2.24) is 0 Å². The molecule has 1 saturated heterocycles. The second-order valence-electron chi connectivity index (χ2n) is 6.15. The highest BCUT2D eigenvalue weighted by Gasteiger charge is 2.54. The van der Waals surface area contributed by atoms with Gasteiger partial charge in [-0.3, -0.25) is 0 Å². The standard InChI is InChI=1S/C16H14BrF3S2.CHF3O3S/c17-16(15-21-6-3-7-22-15)13(19)8-10(9-14(16)20)11-4-1-2-5-12(11)18;2-1(3,4)8(5,6)7/h1-2,4-5,8-9,13,15H,3,6-7H2;(H,5,6,7). The fourth-order valence-electron chi connectivity index (χ4n) is 2.60. The van der Waals surface area contributed by atoms with Crippen LogP contribution in [0.3, 0.4) is 0 Å². The predicted molar refractivity (Wildman–Crippen MR) is 110 cm³/mol. The molecule has 2 aliphatic rings. The van der Waals surface area contributed by atoms with E-state index in [1.165, 1.54) is 24.3 Å². The van der Waals surface area contributed by atoms with Gasteiger partial charge in [0, 0.05) is 17.7 Å². The number of rotatable bonds is 2. The lowest BCUT2D eigenvalue weighted by atomic mass is 9.91. The van der Waals surface area contributed by atoms with Crippen LogP contribution in [0, 0.1) is 5.82 Å². The molecule has 30 heavy (non-hydrogen) atoms. The average Bonchev–Trinajstić information content (AvgIpc) is 2.65. The number of allylic oxidation sites excluding steroid dienone is 4. The summed E-state index contributed by atoms with van der Waals surface area (Å²) in [4.78, 5) is 0. The van der Waals surface area contributed by atoms with Gasteiger partial charge in [0.2, 0.25) is 0 Å². The molecule has 3 unspecified atom stereocenters. The lowest BCUT2D eigenvalue weighted by Crippen LogP contribution is -2.47. The second kappa shape index (κ2) is 9.88. The summed E-state index contributed by atoms with van der Waals surface area (Å²) in [6.45, 7) is 0. The molecule has 1 heterocycles. The Bertz CT molecular complexity index is 929. The highest BCUT2D eigenvalue weighted by molar-refractivity contribution is 9.10. The van der Waals surface area contributed by atoms with Crippen molar-refractivity contribution in [3.05, 3.63) is 53.6 Å². The molecule has 0 spiro atoms. The molecule has 0 N–H and O–H groups in total. The lowest BCUT2D eigenvalue weighted by Gasteiger charge is -2.35. The van der Waals surface area contributed by atoms with E-state index < -0.39 is 37.8 Å². The van der Waals surface area contributed by atoms with E-state index in [9.17, 15) is 26.3 Å². The monoisotopic (exact) mass is 556 g/mol. The van der Waals surface area contributed by atoms with E-state index in [-0.39, 0.29) is 15.7 Å². The predicted octanol–water partition coefficient (Wildman–Crippen LogP) is 4.88. The first-order valence-electron chi connectivity index (χ1n) is 8.26. The minimum atomic E-state index is -6.09. The molecule has 1 aromatic rings. The minimum absolute atomic E-state index is 0.175. The Kier molecular flexibility index (Phi) is 8.44. The fraction of sp³-hybridized carbons (Fsp3) is 0.412. The van der Waals surface area contributed by atoms with Crippen LogP contribution < -0.4 is 0 Å². The van der Waals surface area contributed by atoms with Gasteiger partial charge < -0.3 is 4.55 Å². The summed E-state index contributed by atoms with van der Waals surface area (Å²) in [6.07, 6.45) is 2.12. The van der Waals surface area contributed by atoms with E-state index in [1.807, 2.05) is 0 Å². The van der Waals surface area contributed by atoms with Gasteiger partial charge in [0.15, 0.2) is 19.0 Å². The summed E-state index contributed by atoms with van der Waals surface area (Å²) in [5, 5.41) is 0. The van der Waals surface area contributed by atoms with Gasteiger partial charge in [-0.15, -0.1) is 11.8 Å². The van der Waals surface area contributed by atoms with E-state index in [0.717, 1.165) is 29.7 Å². The summed E-state index contributed by atoms with van der Waals surface area (Å²) in [6, 6.07) is 6.04. The molecule has 3 nitrogen and oxygen atoms in total. The lowest BCUT2D eigenvalue weighted by molar-refractivity contribution is -0.0517. The van der Waals surface area contributed by atoms with Crippen molar-refractivity contribution in [1.29, 1.82) is 0 Å². The van der Waals surface area contributed by atoms with E-state index in [2.05, 4.69) is 15.9 Å². The first-order chi connectivity index (χ1) is 13.8. The van der Waals surface area contributed by atoms with Crippen molar-refractivity contribution < 1.29 is 39.3 Å². The highest BCUT2D eigenvalue weighted by atomic mass is 79.9. The summed E-state index contributed by atoms with van der Waals surface area (Å²) in [5.41, 5.74) is -5.16. The van der Waals surface area contributed by atoms with E-state index in [4.69, 9.17) is 13.0 Å². The number of thiol groups is 1. The van der Waals surface area contributed by atoms with Gasteiger partial charge >= 0.3 is 5.51 Å². The van der Waals surface area contributed by atoms with Gasteiger partial charge in [0.1, 0.15) is 23.6 Å². The molecule has 0 bridgehead atoms. The SMILES string of the molecule is FC1=CC(c2ccccc2F)=CC(F)C1(Br)C1SCCC[SH+]1.O=S(=O)([O-])C(F)(F)F. The van der Waals surface area contributed by atoms with Crippen LogP contribution in [0.2, 0.25) is 0 Å². The Balaban J connectivity index is 0.000000343. The second-order valence-corrected chi connectivity index (χ2v) is 11.7. The molecule has 0 saturated carbocycles. The molecule has 0 radical (unpaired) electrons. The molecule has 168 valence electrons. The highest BCUT2D eigenvalue weighted by Crippen LogP contribution is 2.49. The summed E-state index contributed by atoms with van der Waals surface area (Å²) < 4.78 is 101. The van der Waals surface area contributed by atoms with Crippen molar-refractivity contribution in [3.8, 4) is 0 Å². The maximum Gasteiger partial charge on any atom is 0.485 e. The van der Waals surface area contributed by atoms with Gasteiger partial charge in [-0.1, -0.05) is 34.1 Å².